The van der Waals surface area contributed by atoms with Gasteiger partial charge in [-0.3, -0.25) is 0 Å². The molecule has 1 rings (SSSR count). The normalized spacial score (nSPS) is 34.6. The van der Waals surface area contributed by atoms with Crippen molar-refractivity contribution in [1.29, 1.82) is 0 Å². The minimum atomic E-state index is 0.625. The molecule has 0 aliphatic carbocycles. The zero-order valence-corrected chi connectivity index (χ0v) is 7.50. The van der Waals surface area contributed by atoms with E-state index in [9.17, 15) is 0 Å². The average Bonchev–Trinajstić information content (AvgIpc) is 1.84. The van der Waals surface area contributed by atoms with Crippen LogP contribution in [0.3, 0.4) is 0 Å². The molecule has 2 unspecified atom stereocenters. The minimum Gasteiger partial charge on any atom is -0.147 e. The maximum absolute atomic E-state index is 4.00. The molecule has 0 spiro atoms. The molecule has 0 saturated carbocycles. The molecule has 0 N–H and O–H groups in total. The van der Waals surface area contributed by atoms with Crippen LogP contribution >= 0.6 is 11.8 Å². The van der Waals surface area contributed by atoms with Crippen LogP contribution in [0.5, 0.6) is 0 Å². The zero-order chi connectivity index (χ0) is 7.72. The van der Waals surface area contributed by atoms with Gasteiger partial charge in [0.15, 0.2) is 0 Å². The average molecular weight is 154 g/mol. The van der Waals surface area contributed by atoms with Gasteiger partial charge >= 0.3 is 0 Å². The van der Waals surface area contributed by atoms with E-state index < -0.39 is 0 Å². The SMILES string of the molecule is C=C1CC(=C)C(C)SC1C. The van der Waals surface area contributed by atoms with Gasteiger partial charge in [-0.2, -0.15) is 0 Å². The van der Waals surface area contributed by atoms with Crippen LogP contribution in [-0.2, 0) is 0 Å². The summed E-state index contributed by atoms with van der Waals surface area (Å²) >= 11 is 1.96. The third-order valence-electron chi connectivity index (χ3n) is 2.01. The van der Waals surface area contributed by atoms with Crippen LogP contribution in [0.1, 0.15) is 20.3 Å². The van der Waals surface area contributed by atoms with E-state index in [4.69, 9.17) is 0 Å². The molecule has 0 aromatic rings. The summed E-state index contributed by atoms with van der Waals surface area (Å²) < 4.78 is 0. The van der Waals surface area contributed by atoms with Crippen LogP contribution in [0.15, 0.2) is 24.3 Å². The summed E-state index contributed by atoms with van der Waals surface area (Å²) in [5.41, 5.74) is 2.65. The number of hydrogen-bond donors (Lipinski definition) is 0. The summed E-state index contributed by atoms with van der Waals surface area (Å²) in [6.07, 6.45) is 1.04. The lowest BCUT2D eigenvalue weighted by atomic mass is 10.0. The molecule has 1 aliphatic heterocycles. The van der Waals surface area contributed by atoms with E-state index in [-0.39, 0.29) is 0 Å². The highest BCUT2D eigenvalue weighted by Gasteiger charge is 2.20. The maximum atomic E-state index is 4.00. The molecular formula is C9H14S. The van der Waals surface area contributed by atoms with E-state index in [1.807, 2.05) is 11.8 Å². The molecule has 0 radical (unpaired) electrons. The molecular weight excluding hydrogens is 140 g/mol. The van der Waals surface area contributed by atoms with Gasteiger partial charge in [0.2, 0.25) is 0 Å². The molecule has 10 heavy (non-hydrogen) atoms. The molecule has 0 aromatic heterocycles. The van der Waals surface area contributed by atoms with Crippen molar-refractivity contribution in [3.63, 3.8) is 0 Å². The highest BCUT2D eigenvalue weighted by atomic mass is 32.2. The Morgan fingerprint density at radius 2 is 1.60 bits per heavy atom. The highest BCUT2D eigenvalue weighted by molar-refractivity contribution is 8.00. The van der Waals surface area contributed by atoms with E-state index in [0.29, 0.717) is 10.5 Å². The maximum Gasteiger partial charge on any atom is 0.0234 e. The molecule has 0 bridgehead atoms. The van der Waals surface area contributed by atoms with E-state index >= 15 is 0 Å². The summed E-state index contributed by atoms with van der Waals surface area (Å²) in [4.78, 5) is 0. The van der Waals surface area contributed by atoms with Crippen molar-refractivity contribution in [3.05, 3.63) is 24.3 Å². The first kappa shape index (κ1) is 7.93. The van der Waals surface area contributed by atoms with Crippen LogP contribution < -0.4 is 0 Å². The van der Waals surface area contributed by atoms with E-state index in [1.165, 1.54) is 11.1 Å². The third kappa shape index (κ3) is 1.46. The smallest absolute Gasteiger partial charge is 0.0234 e. The zero-order valence-electron chi connectivity index (χ0n) is 6.68. The Kier molecular flexibility index (Phi) is 2.24. The van der Waals surface area contributed by atoms with Crippen LogP contribution in [0.4, 0.5) is 0 Å². The Labute approximate surface area is 67.4 Å². The summed E-state index contributed by atoms with van der Waals surface area (Å²) in [5, 5.41) is 1.25. The van der Waals surface area contributed by atoms with E-state index in [2.05, 4.69) is 27.0 Å². The van der Waals surface area contributed by atoms with E-state index in [1.54, 1.807) is 0 Å². The Hall–Kier alpha value is -0.170. The van der Waals surface area contributed by atoms with Crippen molar-refractivity contribution in [2.24, 2.45) is 0 Å². The first-order chi connectivity index (χ1) is 4.61. The number of thioether (sulfide) groups is 1. The van der Waals surface area contributed by atoms with Crippen LogP contribution in [0.2, 0.25) is 0 Å². The van der Waals surface area contributed by atoms with Gasteiger partial charge in [-0.1, -0.05) is 24.3 Å². The Morgan fingerprint density at radius 1 is 1.20 bits per heavy atom. The fraction of sp³-hybridized carbons (Fsp3) is 0.556. The third-order valence-corrected chi connectivity index (χ3v) is 3.50. The topological polar surface area (TPSA) is 0 Å². The van der Waals surface area contributed by atoms with Gasteiger partial charge in [0, 0.05) is 10.5 Å². The van der Waals surface area contributed by atoms with Crippen molar-refractivity contribution in [1.82, 2.24) is 0 Å². The van der Waals surface area contributed by atoms with Gasteiger partial charge in [-0.25, -0.2) is 0 Å². The summed E-state index contributed by atoms with van der Waals surface area (Å²) in [6.45, 7) is 12.4. The molecule has 1 heterocycles. The second-order valence-corrected chi connectivity index (χ2v) is 4.60. The highest BCUT2D eigenvalue weighted by Crippen LogP contribution is 2.36. The number of hydrogen-bond acceptors (Lipinski definition) is 1. The molecule has 1 heteroatoms. The van der Waals surface area contributed by atoms with Crippen molar-refractivity contribution in [3.8, 4) is 0 Å². The lowest BCUT2D eigenvalue weighted by Crippen LogP contribution is -2.16. The van der Waals surface area contributed by atoms with Crippen molar-refractivity contribution >= 4 is 11.8 Å². The van der Waals surface area contributed by atoms with Gasteiger partial charge in [0.1, 0.15) is 0 Å². The second-order valence-electron chi connectivity index (χ2n) is 2.91. The minimum absolute atomic E-state index is 0.625. The molecule has 2 atom stereocenters. The molecule has 0 amide bonds. The largest absolute Gasteiger partial charge is 0.147 e. The lowest BCUT2D eigenvalue weighted by Gasteiger charge is -2.27. The Balaban J connectivity index is 2.63. The first-order valence-corrected chi connectivity index (χ1v) is 4.56. The lowest BCUT2D eigenvalue weighted by molar-refractivity contribution is 0.921. The Morgan fingerprint density at radius 3 is 1.90 bits per heavy atom. The summed E-state index contributed by atoms with van der Waals surface area (Å²) in [7, 11) is 0. The predicted octanol–water partition coefficient (Wildman–Crippen LogP) is 3.01. The first-order valence-electron chi connectivity index (χ1n) is 3.62. The van der Waals surface area contributed by atoms with Gasteiger partial charge < -0.3 is 0 Å². The Bertz CT molecular complexity index is 152. The van der Waals surface area contributed by atoms with Crippen LogP contribution in [-0.4, -0.2) is 10.5 Å². The van der Waals surface area contributed by atoms with Gasteiger partial charge in [-0.15, -0.1) is 11.8 Å². The molecule has 56 valence electrons. The standard InChI is InChI=1S/C9H14S/c1-6-5-7(2)9(4)10-8(6)3/h8-9H,1-2,5H2,3-4H3. The monoisotopic (exact) mass is 154 g/mol. The molecule has 0 nitrogen and oxygen atoms in total. The summed E-state index contributed by atoms with van der Waals surface area (Å²) in [6, 6.07) is 0. The van der Waals surface area contributed by atoms with Crippen molar-refractivity contribution in [2.75, 3.05) is 0 Å². The molecule has 1 aliphatic rings. The van der Waals surface area contributed by atoms with Crippen LogP contribution in [0.25, 0.3) is 0 Å². The van der Waals surface area contributed by atoms with Crippen molar-refractivity contribution < 1.29 is 0 Å². The second kappa shape index (κ2) is 2.83. The van der Waals surface area contributed by atoms with Gasteiger partial charge in [-0.05, 0) is 20.3 Å². The summed E-state index contributed by atoms with van der Waals surface area (Å²) in [5.74, 6) is 0. The van der Waals surface area contributed by atoms with Crippen LogP contribution in [0, 0.1) is 0 Å². The fourth-order valence-electron chi connectivity index (χ4n) is 1.08. The fourth-order valence-corrected chi connectivity index (χ4v) is 2.24. The molecule has 1 fully saturated rings. The van der Waals surface area contributed by atoms with Gasteiger partial charge in [0.05, 0.1) is 0 Å². The number of rotatable bonds is 0. The van der Waals surface area contributed by atoms with E-state index in [0.717, 1.165) is 6.42 Å². The molecule has 1 saturated heterocycles. The molecule has 0 aromatic carbocycles. The quantitative estimate of drug-likeness (QED) is 0.483. The van der Waals surface area contributed by atoms with Crippen molar-refractivity contribution in [2.45, 2.75) is 30.8 Å². The predicted molar refractivity (Wildman–Crippen MR) is 49.4 cm³/mol. The van der Waals surface area contributed by atoms with Gasteiger partial charge in [0.25, 0.3) is 0 Å².